The van der Waals surface area contributed by atoms with E-state index in [9.17, 15) is 4.79 Å². The number of carbonyl (C=O) groups excluding carboxylic acids is 1. The van der Waals surface area contributed by atoms with Crippen molar-refractivity contribution in [2.24, 2.45) is 5.92 Å². The Hall–Kier alpha value is -0.940. The minimum atomic E-state index is 0.0102. The van der Waals surface area contributed by atoms with Gasteiger partial charge in [0.2, 0.25) is 0 Å². The van der Waals surface area contributed by atoms with Gasteiger partial charge in [-0.15, -0.1) is 11.3 Å². The van der Waals surface area contributed by atoms with Crippen molar-refractivity contribution in [1.82, 2.24) is 15.6 Å². The van der Waals surface area contributed by atoms with E-state index < -0.39 is 0 Å². The Balaban J connectivity index is 1.75. The fourth-order valence-corrected chi connectivity index (χ4v) is 2.27. The summed E-state index contributed by atoms with van der Waals surface area (Å²) < 4.78 is 0. The molecule has 2 N–H and O–H groups in total. The van der Waals surface area contributed by atoms with Crippen molar-refractivity contribution < 1.29 is 4.79 Å². The first-order valence-corrected chi connectivity index (χ1v) is 6.11. The first kappa shape index (κ1) is 10.6. The Bertz CT molecular complexity index is 306. The van der Waals surface area contributed by atoms with Gasteiger partial charge in [-0.05, 0) is 31.8 Å². The Morgan fingerprint density at radius 1 is 1.60 bits per heavy atom. The largest absolute Gasteiger partial charge is 0.351 e. The zero-order chi connectivity index (χ0) is 10.5. The van der Waals surface area contributed by atoms with Gasteiger partial charge in [0.25, 0.3) is 5.91 Å². The van der Waals surface area contributed by atoms with Gasteiger partial charge in [0.1, 0.15) is 4.88 Å². The number of hydrogen-bond donors (Lipinski definition) is 2. The molecule has 0 saturated carbocycles. The van der Waals surface area contributed by atoms with E-state index in [4.69, 9.17) is 0 Å². The maximum absolute atomic E-state index is 11.6. The molecule has 1 aromatic rings. The van der Waals surface area contributed by atoms with Crippen LogP contribution in [0.4, 0.5) is 0 Å². The first-order valence-electron chi connectivity index (χ1n) is 5.23. The molecule has 2 rings (SSSR count). The van der Waals surface area contributed by atoms with Crippen LogP contribution in [0.5, 0.6) is 0 Å². The average Bonchev–Trinajstić information content (AvgIpc) is 2.81. The van der Waals surface area contributed by atoms with Gasteiger partial charge < -0.3 is 10.6 Å². The van der Waals surface area contributed by atoms with Crippen molar-refractivity contribution in [2.75, 3.05) is 19.6 Å². The van der Waals surface area contributed by atoms with Crippen LogP contribution in [0.1, 0.15) is 22.5 Å². The van der Waals surface area contributed by atoms with Gasteiger partial charge in [0.05, 0.1) is 11.7 Å². The van der Waals surface area contributed by atoms with E-state index in [-0.39, 0.29) is 5.91 Å². The number of carbonyl (C=O) groups is 1. The fraction of sp³-hybridized carbons (Fsp3) is 0.600. The van der Waals surface area contributed by atoms with Gasteiger partial charge in [-0.2, -0.15) is 0 Å². The van der Waals surface area contributed by atoms with Crippen LogP contribution < -0.4 is 10.6 Å². The lowest BCUT2D eigenvalue weighted by Gasteiger charge is -2.22. The second kappa shape index (κ2) is 5.23. The van der Waals surface area contributed by atoms with Gasteiger partial charge in [0.15, 0.2) is 0 Å². The predicted octanol–water partition coefficient (Wildman–Crippen LogP) is 0.872. The third kappa shape index (κ3) is 3.00. The van der Waals surface area contributed by atoms with Gasteiger partial charge in [-0.25, -0.2) is 0 Å². The molecule has 1 amide bonds. The van der Waals surface area contributed by atoms with Crippen molar-refractivity contribution in [3.63, 3.8) is 0 Å². The number of amides is 1. The summed E-state index contributed by atoms with van der Waals surface area (Å²) in [6, 6.07) is 0. The number of aromatic nitrogens is 1. The zero-order valence-electron chi connectivity index (χ0n) is 8.53. The summed E-state index contributed by atoms with van der Waals surface area (Å²) in [6.45, 7) is 2.93. The lowest BCUT2D eigenvalue weighted by molar-refractivity contribution is 0.0948. The second-order valence-corrected chi connectivity index (χ2v) is 4.66. The van der Waals surface area contributed by atoms with E-state index in [0.29, 0.717) is 10.8 Å². The first-order chi connectivity index (χ1) is 7.36. The third-order valence-electron chi connectivity index (χ3n) is 2.67. The quantitative estimate of drug-likeness (QED) is 0.802. The average molecular weight is 225 g/mol. The van der Waals surface area contributed by atoms with Crippen molar-refractivity contribution >= 4 is 17.2 Å². The van der Waals surface area contributed by atoms with E-state index >= 15 is 0 Å². The van der Waals surface area contributed by atoms with E-state index in [1.807, 2.05) is 0 Å². The predicted molar refractivity (Wildman–Crippen MR) is 60.0 cm³/mol. The number of piperidine rings is 1. The van der Waals surface area contributed by atoms with Crippen LogP contribution in [-0.2, 0) is 0 Å². The molecule has 0 spiro atoms. The van der Waals surface area contributed by atoms with Gasteiger partial charge >= 0.3 is 0 Å². The molecule has 0 bridgehead atoms. The maximum Gasteiger partial charge on any atom is 0.263 e. The molecule has 1 fully saturated rings. The van der Waals surface area contributed by atoms with Crippen LogP contribution in [0.3, 0.4) is 0 Å². The Labute approximate surface area is 93.1 Å². The molecule has 0 aromatic carbocycles. The van der Waals surface area contributed by atoms with Crippen LogP contribution in [0, 0.1) is 5.92 Å². The number of nitrogens with one attached hydrogen (secondary N) is 2. The van der Waals surface area contributed by atoms with E-state index in [2.05, 4.69) is 15.6 Å². The van der Waals surface area contributed by atoms with Crippen molar-refractivity contribution in [1.29, 1.82) is 0 Å². The molecule has 0 aliphatic carbocycles. The van der Waals surface area contributed by atoms with E-state index in [1.54, 1.807) is 11.7 Å². The minimum Gasteiger partial charge on any atom is -0.351 e. The van der Waals surface area contributed by atoms with Gasteiger partial charge in [0, 0.05) is 6.54 Å². The zero-order valence-corrected chi connectivity index (χ0v) is 9.35. The standard InChI is InChI=1S/C10H15N3OS/c14-10(9-6-12-7-15-9)13-5-8-1-3-11-4-2-8/h6-8,11H,1-5H2,(H,13,14). The highest BCUT2D eigenvalue weighted by Crippen LogP contribution is 2.11. The summed E-state index contributed by atoms with van der Waals surface area (Å²) in [6.07, 6.45) is 3.92. The van der Waals surface area contributed by atoms with Crippen LogP contribution in [0.15, 0.2) is 11.7 Å². The molecule has 4 nitrogen and oxygen atoms in total. The summed E-state index contributed by atoms with van der Waals surface area (Å²) in [5, 5.41) is 6.27. The Morgan fingerprint density at radius 3 is 3.07 bits per heavy atom. The summed E-state index contributed by atoms with van der Waals surface area (Å²) in [7, 11) is 0. The molecular weight excluding hydrogens is 210 g/mol. The van der Waals surface area contributed by atoms with Crippen molar-refractivity contribution in [2.45, 2.75) is 12.8 Å². The number of hydrogen-bond acceptors (Lipinski definition) is 4. The highest BCUT2D eigenvalue weighted by Gasteiger charge is 2.14. The summed E-state index contributed by atoms with van der Waals surface area (Å²) >= 11 is 1.38. The number of thiazole rings is 1. The molecular formula is C10H15N3OS. The lowest BCUT2D eigenvalue weighted by Crippen LogP contribution is -2.35. The summed E-state index contributed by atoms with van der Waals surface area (Å²) in [5.41, 5.74) is 1.68. The minimum absolute atomic E-state index is 0.0102. The van der Waals surface area contributed by atoms with E-state index in [0.717, 1.165) is 32.5 Å². The maximum atomic E-state index is 11.6. The molecule has 0 atom stereocenters. The molecule has 1 aromatic heterocycles. The highest BCUT2D eigenvalue weighted by atomic mass is 32.1. The highest BCUT2D eigenvalue weighted by molar-refractivity contribution is 7.11. The van der Waals surface area contributed by atoms with Gasteiger partial charge in [-0.3, -0.25) is 9.78 Å². The van der Waals surface area contributed by atoms with Crippen LogP contribution >= 0.6 is 11.3 Å². The van der Waals surface area contributed by atoms with E-state index in [1.165, 1.54) is 11.3 Å². The second-order valence-electron chi connectivity index (χ2n) is 3.77. The Morgan fingerprint density at radius 2 is 2.40 bits per heavy atom. The topological polar surface area (TPSA) is 54.0 Å². The molecule has 1 aliphatic heterocycles. The normalized spacial score (nSPS) is 17.6. The lowest BCUT2D eigenvalue weighted by atomic mass is 9.98. The molecule has 1 aliphatic rings. The number of rotatable bonds is 3. The SMILES string of the molecule is O=C(NCC1CCNCC1)c1cncs1. The van der Waals surface area contributed by atoms with Crippen LogP contribution in [-0.4, -0.2) is 30.5 Å². The molecule has 2 heterocycles. The number of nitrogens with zero attached hydrogens (tertiary/aromatic N) is 1. The van der Waals surface area contributed by atoms with Crippen molar-refractivity contribution in [3.8, 4) is 0 Å². The van der Waals surface area contributed by atoms with Crippen LogP contribution in [0.2, 0.25) is 0 Å². The molecule has 1 saturated heterocycles. The molecule has 0 unspecified atom stereocenters. The van der Waals surface area contributed by atoms with Crippen LogP contribution in [0.25, 0.3) is 0 Å². The summed E-state index contributed by atoms with van der Waals surface area (Å²) in [5.74, 6) is 0.638. The monoisotopic (exact) mass is 225 g/mol. The smallest absolute Gasteiger partial charge is 0.263 e. The van der Waals surface area contributed by atoms with Gasteiger partial charge in [-0.1, -0.05) is 0 Å². The summed E-state index contributed by atoms with van der Waals surface area (Å²) in [4.78, 5) is 16.2. The van der Waals surface area contributed by atoms with Crippen molar-refractivity contribution in [3.05, 3.63) is 16.6 Å². The Kier molecular flexibility index (Phi) is 3.69. The fourth-order valence-electron chi connectivity index (χ4n) is 1.74. The molecule has 15 heavy (non-hydrogen) atoms. The molecule has 82 valence electrons. The molecule has 5 heteroatoms. The third-order valence-corrected chi connectivity index (χ3v) is 3.44. The molecule has 0 radical (unpaired) electrons.